The van der Waals surface area contributed by atoms with Gasteiger partial charge in [0.25, 0.3) is 0 Å². The molecule has 3 atom stereocenters. The topological polar surface area (TPSA) is 72.7 Å². The Labute approximate surface area is 147 Å². The van der Waals surface area contributed by atoms with Gasteiger partial charge in [0, 0.05) is 17.7 Å². The lowest BCUT2D eigenvalue weighted by Gasteiger charge is -2.20. The third kappa shape index (κ3) is 2.94. The largest absolute Gasteiger partial charge is 0.326 e. The van der Waals surface area contributed by atoms with Crippen LogP contribution in [0.15, 0.2) is 24.3 Å². The lowest BCUT2D eigenvalue weighted by Crippen LogP contribution is -2.20. The molecule has 3 saturated carbocycles. The monoisotopic (exact) mass is 337 g/mol. The maximum absolute atomic E-state index is 12.5. The summed E-state index contributed by atoms with van der Waals surface area (Å²) in [5, 5.41) is 15.2. The van der Waals surface area contributed by atoms with E-state index in [1.807, 2.05) is 28.9 Å². The molecule has 5 rings (SSSR count). The van der Waals surface area contributed by atoms with Gasteiger partial charge in [-0.25, -0.2) is 4.68 Å². The number of fused-ring (bicyclic) bond motifs is 2. The zero-order chi connectivity index (χ0) is 16.8. The molecule has 2 aromatic rings. The third-order valence-electron chi connectivity index (χ3n) is 6.12. The molecule has 0 radical (unpaired) electrons. The number of anilines is 1. The van der Waals surface area contributed by atoms with Gasteiger partial charge in [-0.15, -0.1) is 5.10 Å². The minimum absolute atomic E-state index is 0.136. The van der Waals surface area contributed by atoms with Crippen molar-refractivity contribution in [3.05, 3.63) is 24.3 Å². The second-order valence-electron chi connectivity index (χ2n) is 7.95. The van der Waals surface area contributed by atoms with Gasteiger partial charge in [-0.2, -0.15) is 0 Å². The maximum atomic E-state index is 12.5. The molecule has 0 aliphatic heterocycles. The van der Waals surface area contributed by atoms with Gasteiger partial charge in [0.2, 0.25) is 5.91 Å². The number of benzene rings is 1. The zero-order valence-electron chi connectivity index (χ0n) is 14.3. The van der Waals surface area contributed by atoms with Crippen molar-refractivity contribution in [3.63, 3.8) is 0 Å². The van der Waals surface area contributed by atoms with Crippen molar-refractivity contribution in [2.24, 2.45) is 17.8 Å². The van der Waals surface area contributed by atoms with E-state index >= 15 is 0 Å². The van der Waals surface area contributed by atoms with Crippen molar-refractivity contribution in [2.45, 2.75) is 51.0 Å². The van der Waals surface area contributed by atoms with Crippen molar-refractivity contribution >= 4 is 11.6 Å². The Morgan fingerprint density at radius 3 is 2.88 bits per heavy atom. The Morgan fingerprint density at radius 1 is 1.20 bits per heavy atom. The molecule has 1 aromatic carbocycles. The predicted molar refractivity (Wildman–Crippen MR) is 93.7 cm³/mol. The quantitative estimate of drug-likeness (QED) is 0.907. The lowest BCUT2D eigenvalue weighted by atomic mass is 9.86. The van der Waals surface area contributed by atoms with Gasteiger partial charge >= 0.3 is 0 Å². The molecule has 0 spiro atoms. The molecule has 6 nitrogen and oxygen atoms in total. The predicted octanol–water partition coefficient (Wildman–Crippen LogP) is 3.44. The van der Waals surface area contributed by atoms with E-state index in [1.165, 1.54) is 25.7 Å². The van der Waals surface area contributed by atoms with Crippen molar-refractivity contribution in [1.29, 1.82) is 0 Å². The van der Waals surface area contributed by atoms with Gasteiger partial charge in [0.1, 0.15) is 0 Å². The fraction of sp³-hybridized carbons (Fsp3) is 0.579. The third-order valence-corrected chi connectivity index (χ3v) is 6.12. The van der Waals surface area contributed by atoms with Crippen molar-refractivity contribution < 1.29 is 4.79 Å². The number of amides is 1. The van der Waals surface area contributed by atoms with Crippen LogP contribution in [0.5, 0.6) is 0 Å². The second kappa shape index (κ2) is 5.93. The summed E-state index contributed by atoms with van der Waals surface area (Å²) >= 11 is 0. The Hall–Kier alpha value is -2.24. The average molecular weight is 337 g/mol. The van der Waals surface area contributed by atoms with E-state index < -0.39 is 0 Å². The van der Waals surface area contributed by atoms with Gasteiger partial charge in [-0.1, -0.05) is 18.6 Å². The summed E-state index contributed by atoms with van der Waals surface area (Å²) in [6.07, 6.45) is 8.22. The van der Waals surface area contributed by atoms with Crippen LogP contribution in [0.2, 0.25) is 0 Å². The Kier molecular flexibility index (Phi) is 3.57. The molecule has 1 N–H and O–H groups in total. The molecule has 1 aromatic heterocycles. The van der Waals surface area contributed by atoms with Crippen LogP contribution >= 0.6 is 0 Å². The van der Waals surface area contributed by atoms with Crippen LogP contribution in [0.3, 0.4) is 0 Å². The van der Waals surface area contributed by atoms with E-state index in [0.717, 1.165) is 41.8 Å². The highest BCUT2D eigenvalue weighted by Crippen LogP contribution is 2.49. The van der Waals surface area contributed by atoms with Crippen LogP contribution in [-0.4, -0.2) is 26.1 Å². The number of carbonyl (C=O) groups excluding carboxylic acids is 1. The summed E-state index contributed by atoms with van der Waals surface area (Å²) in [6, 6.07) is 8.29. The molecule has 3 unspecified atom stereocenters. The van der Waals surface area contributed by atoms with Gasteiger partial charge in [0.15, 0.2) is 5.82 Å². The standard InChI is InChI=1S/C19H23N5O/c25-18(11-15-9-12-4-5-13(15)8-12)20-16-3-1-2-14(10-16)19-21-22-23-24(19)17-6-7-17/h1-3,10,12-13,15,17H,4-9,11H2,(H,20,25). The lowest BCUT2D eigenvalue weighted by molar-refractivity contribution is -0.117. The average Bonchev–Trinajstić information content (AvgIpc) is 3.03. The first-order valence-electron chi connectivity index (χ1n) is 9.44. The fourth-order valence-corrected chi connectivity index (χ4v) is 4.76. The highest BCUT2D eigenvalue weighted by molar-refractivity contribution is 5.91. The number of aromatic nitrogens is 4. The Balaban J connectivity index is 1.28. The summed E-state index contributed by atoms with van der Waals surface area (Å²) in [5.41, 5.74) is 1.78. The molecular formula is C19H23N5O. The Bertz CT molecular complexity index is 797. The van der Waals surface area contributed by atoms with E-state index in [4.69, 9.17) is 0 Å². The van der Waals surface area contributed by atoms with E-state index in [-0.39, 0.29) is 5.91 Å². The number of nitrogens with zero attached hydrogens (tertiary/aromatic N) is 4. The van der Waals surface area contributed by atoms with Gasteiger partial charge in [-0.05, 0) is 72.4 Å². The molecule has 2 bridgehead atoms. The second-order valence-corrected chi connectivity index (χ2v) is 7.95. The van der Waals surface area contributed by atoms with Crippen LogP contribution in [-0.2, 0) is 4.79 Å². The van der Waals surface area contributed by atoms with Gasteiger partial charge in [-0.3, -0.25) is 4.79 Å². The first-order chi connectivity index (χ1) is 12.3. The normalized spacial score (nSPS) is 27.6. The molecule has 1 heterocycles. The van der Waals surface area contributed by atoms with Gasteiger partial charge in [0.05, 0.1) is 6.04 Å². The summed E-state index contributed by atoms with van der Waals surface area (Å²) in [5.74, 6) is 3.17. The Morgan fingerprint density at radius 2 is 2.12 bits per heavy atom. The first kappa shape index (κ1) is 15.0. The highest BCUT2D eigenvalue weighted by atomic mass is 16.1. The van der Waals surface area contributed by atoms with Crippen molar-refractivity contribution in [1.82, 2.24) is 20.2 Å². The van der Waals surface area contributed by atoms with E-state index in [9.17, 15) is 4.79 Å². The molecular weight excluding hydrogens is 314 g/mol. The number of nitrogens with one attached hydrogen (secondary N) is 1. The summed E-state index contributed by atoms with van der Waals surface area (Å²) in [4.78, 5) is 12.5. The first-order valence-corrected chi connectivity index (χ1v) is 9.44. The van der Waals surface area contributed by atoms with Crippen LogP contribution in [0.4, 0.5) is 5.69 Å². The molecule has 3 fully saturated rings. The minimum atomic E-state index is 0.136. The highest BCUT2D eigenvalue weighted by Gasteiger charge is 2.40. The van der Waals surface area contributed by atoms with E-state index in [1.54, 1.807) is 0 Å². The maximum Gasteiger partial charge on any atom is 0.224 e. The molecule has 0 saturated heterocycles. The number of rotatable bonds is 5. The molecule has 25 heavy (non-hydrogen) atoms. The summed E-state index contributed by atoms with van der Waals surface area (Å²) < 4.78 is 1.90. The van der Waals surface area contributed by atoms with E-state index in [2.05, 4.69) is 20.8 Å². The summed E-state index contributed by atoms with van der Waals surface area (Å²) in [7, 11) is 0. The van der Waals surface area contributed by atoms with Crippen LogP contribution in [0.1, 0.15) is 51.0 Å². The zero-order valence-corrected chi connectivity index (χ0v) is 14.3. The number of carbonyl (C=O) groups is 1. The number of tetrazole rings is 1. The molecule has 6 heteroatoms. The van der Waals surface area contributed by atoms with Crippen LogP contribution < -0.4 is 5.32 Å². The SMILES string of the molecule is O=C(CC1CC2CCC1C2)Nc1cccc(-c2nnnn2C2CC2)c1. The smallest absolute Gasteiger partial charge is 0.224 e. The number of hydrogen-bond donors (Lipinski definition) is 1. The number of hydrogen-bond acceptors (Lipinski definition) is 4. The van der Waals surface area contributed by atoms with Crippen molar-refractivity contribution in [3.8, 4) is 11.4 Å². The van der Waals surface area contributed by atoms with Crippen LogP contribution in [0.25, 0.3) is 11.4 Å². The molecule has 3 aliphatic rings. The van der Waals surface area contributed by atoms with Crippen LogP contribution in [0, 0.1) is 17.8 Å². The van der Waals surface area contributed by atoms with Gasteiger partial charge < -0.3 is 5.32 Å². The molecule has 1 amide bonds. The summed E-state index contributed by atoms with van der Waals surface area (Å²) in [6.45, 7) is 0. The fourth-order valence-electron chi connectivity index (χ4n) is 4.76. The minimum Gasteiger partial charge on any atom is -0.326 e. The molecule has 130 valence electrons. The molecule has 3 aliphatic carbocycles. The van der Waals surface area contributed by atoms with Crippen molar-refractivity contribution in [2.75, 3.05) is 5.32 Å². The van der Waals surface area contributed by atoms with E-state index in [0.29, 0.717) is 18.4 Å².